The van der Waals surface area contributed by atoms with Gasteiger partial charge in [-0.2, -0.15) is 0 Å². The average Bonchev–Trinajstić information content (AvgIpc) is 3.64. The van der Waals surface area contributed by atoms with Gasteiger partial charge in [-0.3, -0.25) is 4.40 Å². The monoisotopic (exact) mass is 677 g/mol. The van der Waals surface area contributed by atoms with Crippen LogP contribution in [0, 0.1) is 0 Å². The lowest BCUT2D eigenvalue weighted by molar-refractivity contribution is 1.18. The van der Waals surface area contributed by atoms with E-state index in [0.29, 0.717) is 5.82 Å². The molecular formula is C48H31N5. The maximum atomic E-state index is 5.31. The third kappa shape index (κ3) is 5.43. The number of imidazole rings is 1. The van der Waals surface area contributed by atoms with Gasteiger partial charge < -0.3 is 0 Å². The van der Waals surface area contributed by atoms with E-state index in [2.05, 4.69) is 144 Å². The first-order valence-electron chi connectivity index (χ1n) is 17.7. The molecule has 10 rings (SSSR count). The Kier molecular flexibility index (Phi) is 7.40. The minimum atomic E-state index is 0.677. The second-order valence-electron chi connectivity index (χ2n) is 13.1. The second kappa shape index (κ2) is 12.8. The van der Waals surface area contributed by atoms with Crippen molar-refractivity contribution in [2.45, 2.75) is 0 Å². The van der Waals surface area contributed by atoms with Gasteiger partial charge in [0.15, 0.2) is 5.82 Å². The standard InChI is InChI=1S/C48H31N5/c1-4-15-33(16-5-1)42-43(34-17-6-2-7-18-34)51-48(52-44(42)35-19-8-3-9-20-35)38-22-14-21-37(31-38)32-26-28-36(29-27-32)45-47-46(39-23-10-11-24-40(39)49-45)50-41-25-12-13-30-53(41)47/h1-31H. The first-order chi connectivity index (χ1) is 26.3. The fraction of sp³-hybridized carbons (Fsp3) is 0. The van der Waals surface area contributed by atoms with Crippen molar-refractivity contribution in [2.75, 3.05) is 0 Å². The molecule has 0 amide bonds. The lowest BCUT2D eigenvalue weighted by atomic mass is 9.94. The number of rotatable bonds is 6. The second-order valence-corrected chi connectivity index (χ2v) is 13.1. The highest BCUT2D eigenvalue weighted by atomic mass is 15.0. The Hall–Kier alpha value is -7.24. The number of nitrogens with zero attached hydrogens (tertiary/aromatic N) is 5. The van der Waals surface area contributed by atoms with E-state index in [1.54, 1.807) is 0 Å². The molecule has 5 heteroatoms. The van der Waals surface area contributed by atoms with Crippen molar-refractivity contribution in [3.63, 3.8) is 0 Å². The van der Waals surface area contributed by atoms with E-state index in [1.165, 1.54) is 0 Å². The molecule has 248 valence electrons. The summed E-state index contributed by atoms with van der Waals surface area (Å²) in [6.45, 7) is 0. The van der Waals surface area contributed by atoms with Crippen LogP contribution < -0.4 is 0 Å². The molecule has 5 nitrogen and oxygen atoms in total. The van der Waals surface area contributed by atoms with Crippen molar-refractivity contribution in [1.82, 2.24) is 24.3 Å². The zero-order chi connectivity index (χ0) is 35.1. The van der Waals surface area contributed by atoms with Crippen LogP contribution in [0.25, 0.3) is 95.0 Å². The highest BCUT2D eigenvalue weighted by molar-refractivity contribution is 6.09. The Morgan fingerprint density at radius 1 is 0.358 bits per heavy atom. The number of hydrogen-bond acceptors (Lipinski definition) is 4. The highest BCUT2D eigenvalue weighted by Gasteiger charge is 2.21. The van der Waals surface area contributed by atoms with Crippen molar-refractivity contribution >= 4 is 27.6 Å². The minimum absolute atomic E-state index is 0.677. The van der Waals surface area contributed by atoms with Crippen molar-refractivity contribution in [3.05, 3.63) is 188 Å². The first kappa shape index (κ1) is 30.6. The van der Waals surface area contributed by atoms with Crippen LogP contribution in [0.15, 0.2) is 188 Å². The predicted octanol–water partition coefficient (Wildman–Crippen LogP) is 11.8. The van der Waals surface area contributed by atoms with Crippen LogP contribution in [-0.4, -0.2) is 24.3 Å². The SMILES string of the molecule is c1ccc(-c2nc(-c3cccc(-c4ccc(-c5nc6ccccc6c6nc7ccccn7c56)cc4)c3)nc(-c3ccccc3)c2-c2ccccc2)cc1. The van der Waals surface area contributed by atoms with Crippen molar-refractivity contribution in [2.24, 2.45) is 0 Å². The number of pyridine rings is 2. The van der Waals surface area contributed by atoms with Crippen LogP contribution >= 0.6 is 0 Å². The Bertz CT molecular complexity index is 2860. The van der Waals surface area contributed by atoms with Gasteiger partial charge in [-0.05, 0) is 41.0 Å². The Morgan fingerprint density at radius 2 is 0.906 bits per heavy atom. The minimum Gasteiger partial charge on any atom is -0.298 e. The Morgan fingerprint density at radius 3 is 1.60 bits per heavy atom. The summed E-state index contributed by atoms with van der Waals surface area (Å²) in [6.07, 6.45) is 2.06. The largest absolute Gasteiger partial charge is 0.298 e. The third-order valence-electron chi connectivity index (χ3n) is 9.82. The van der Waals surface area contributed by atoms with Crippen LogP contribution in [-0.2, 0) is 0 Å². The molecule has 0 atom stereocenters. The summed E-state index contributed by atoms with van der Waals surface area (Å²) in [5, 5.41) is 1.05. The number of hydrogen-bond donors (Lipinski definition) is 0. The molecule has 0 aliphatic heterocycles. The van der Waals surface area contributed by atoms with E-state index >= 15 is 0 Å². The number of para-hydroxylation sites is 1. The first-order valence-corrected chi connectivity index (χ1v) is 17.7. The van der Waals surface area contributed by atoms with Crippen molar-refractivity contribution < 1.29 is 0 Å². The molecule has 0 N–H and O–H groups in total. The van der Waals surface area contributed by atoms with E-state index in [-0.39, 0.29) is 0 Å². The van der Waals surface area contributed by atoms with Crippen LogP contribution in [0.5, 0.6) is 0 Å². The fourth-order valence-electron chi connectivity index (χ4n) is 7.29. The van der Waals surface area contributed by atoms with Crippen molar-refractivity contribution in [1.29, 1.82) is 0 Å². The van der Waals surface area contributed by atoms with E-state index in [4.69, 9.17) is 19.9 Å². The molecule has 0 spiro atoms. The van der Waals surface area contributed by atoms with Gasteiger partial charge in [-0.1, -0.05) is 158 Å². The summed E-state index contributed by atoms with van der Waals surface area (Å²) in [7, 11) is 0. The lowest BCUT2D eigenvalue weighted by Gasteiger charge is -2.17. The molecule has 0 aliphatic carbocycles. The quantitative estimate of drug-likeness (QED) is 0.176. The molecule has 0 bridgehead atoms. The smallest absolute Gasteiger partial charge is 0.160 e. The van der Waals surface area contributed by atoms with Crippen LogP contribution in [0.2, 0.25) is 0 Å². The van der Waals surface area contributed by atoms with Gasteiger partial charge in [0.05, 0.1) is 28.1 Å². The summed E-state index contributed by atoms with van der Waals surface area (Å²) in [4.78, 5) is 20.8. The topological polar surface area (TPSA) is 56.0 Å². The van der Waals surface area contributed by atoms with Crippen molar-refractivity contribution in [3.8, 4) is 67.4 Å². The number of benzene rings is 6. The molecule has 4 heterocycles. The van der Waals surface area contributed by atoms with Gasteiger partial charge >= 0.3 is 0 Å². The molecule has 6 aromatic carbocycles. The van der Waals surface area contributed by atoms with E-state index in [1.807, 2.05) is 48.5 Å². The molecule has 0 radical (unpaired) electrons. The summed E-state index contributed by atoms with van der Waals surface area (Å²) in [5.41, 5.74) is 14.8. The zero-order valence-corrected chi connectivity index (χ0v) is 28.6. The summed E-state index contributed by atoms with van der Waals surface area (Å²) >= 11 is 0. The molecule has 0 unspecified atom stereocenters. The summed E-state index contributed by atoms with van der Waals surface area (Å²) < 4.78 is 2.14. The van der Waals surface area contributed by atoms with Crippen LogP contribution in [0.4, 0.5) is 0 Å². The van der Waals surface area contributed by atoms with Gasteiger partial charge in [-0.25, -0.2) is 19.9 Å². The van der Waals surface area contributed by atoms with Gasteiger partial charge in [-0.15, -0.1) is 0 Å². The zero-order valence-electron chi connectivity index (χ0n) is 28.6. The molecular weight excluding hydrogens is 647 g/mol. The normalized spacial score (nSPS) is 11.4. The summed E-state index contributed by atoms with van der Waals surface area (Å²) in [5.74, 6) is 0.677. The van der Waals surface area contributed by atoms with E-state index < -0.39 is 0 Å². The molecule has 53 heavy (non-hydrogen) atoms. The average molecular weight is 678 g/mol. The highest BCUT2D eigenvalue weighted by Crippen LogP contribution is 2.40. The van der Waals surface area contributed by atoms with Crippen LogP contribution in [0.1, 0.15) is 0 Å². The Labute approximate surface area is 306 Å². The maximum absolute atomic E-state index is 5.31. The predicted molar refractivity (Wildman–Crippen MR) is 216 cm³/mol. The third-order valence-corrected chi connectivity index (χ3v) is 9.82. The fourth-order valence-corrected chi connectivity index (χ4v) is 7.29. The van der Waals surface area contributed by atoms with Gasteiger partial charge in [0, 0.05) is 39.4 Å². The number of aromatic nitrogens is 5. The summed E-state index contributed by atoms with van der Waals surface area (Å²) in [6, 6.07) is 62.8. The lowest BCUT2D eigenvalue weighted by Crippen LogP contribution is -2.01. The molecule has 0 saturated carbocycles. The maximum Gasteiger partial charge on any atom is 0.160 e. The van der Waals surface area contributed by atoms with Crippen LogP contribution in [0.3, 0.4) is 0 Å². The molecule has 10 aromatic rings. The molecule has 0 saturated heterocycles. The van der Waals surface area contributed by atoms with Gasteiger partial charge in [0.25, 0.3) is 0 Å². The van der Waals surface area contributed by atoms with Gasteiger partial charge in [0.1, 0.15) is 11.2 Å². The Balaban J connectivity index is 1.10. The van der Waals surface area contributed by atoms with E-state index in [0.717, 1.165) is 89.2 Å². The van der Waals surface area contributed by atoms with E-state index in [9.17, 15) is 0 Å². The van der Waals surface area contributed by atoms with Gasteiger partial charge in [0.2, 0.25) is 0 Å². The number of fused-ring (bicyclic) bond motifs is 5. The molecule has 0 aliphatic rings. The molecule has 0 fully saturated rings. The molecule has 4 aromatic heterocycles.